The summed E-state index contributed by atoms with van der Waals surface area (Å²) >= 11 is 0. The Morgan fingerprint density at radius 1 is 0.500 bits per heavy atom. The van der Waals surface area contributed by atoms with Crippen LogP contribution in [0, 0.1) is 18.5 Å². The number of ether oxygens (including phenoxy) is 1. The summed E-state index contributed by atoms with van der Waals surface area (Å²) in [4.78, 5) is 5.07. The molecule has 0 atom stereocenters. The first-order valence-electron chi connectivity index (χ1n) is 23.6. The average molecular weight is 1080 g/mol. The SMILES string of the molecule is CC(C)(C)c1cc(-[n+]2[c-]n(-c3[c-]c(Oc4[c-]c5c(cc4)c4ccc(C(C)(C)c6ccccc6)cc4n5-c4cc(C(C)(C)c5ccccc5)ccn4)ccc3)cc2C(C)(C)C)cc(C(C)(C)C)c1.[Pt]. The molecular formula is C62H64N4OPt-2. The number of benzene rings is 6. The largest absolute Gasteiger partial charge is 0.510 e. The molecule has 0 saturated carbocycles. The molecule has 0 bridgehead atoms. The molecule has 5 nitrogen and oxygen atoms in total. The number of imidazole rings is 1. The molecule has 0 fully saturated rings. The normalized spacial score (nSPS) is 12.7. The average Bonchev–Trinajstić information content (AvgIpc) is 3.90. The molecule has 0 aliphatic carbocycles. The van der Waals surface area contributed by atoms with E-state index in [-0.39, 0.29) is 48.1 Å². The van der Waals surface area contributed by atoms with E-state index < -0.39 is 0 Å². The number of pyridine rings is 1. The molecule has 6 heteroatoms. The fraction of sp³-hybridized carbons (Fsp3) is 0.290. The van der Waals surface area contributed by atoms with Crippen LogP contribution in [0.4, 0.5) is 0 Å². The van der Waals surface area contributed by atoms with Gasteiger partial charge in [-0.1, -0.05) is 174 Å². The molecule has 3 heterocycles. The Kier molecular flexibility index (Phi) is 12.7. The maximum Gasteiger partial charge on any atom is 0.267 e. The van der Waals surface area contributed by atoms with Crippen molar-refractivity contribution in [1.82, 2.24) is 14.1 Å². The molecule has 0 unspecified atom stereocenters. The van der Waals surface area contributed by atoms with Crippen molar-refractivity contribution < 1.29 is 30.4 Å². The molecule has 68 heavy (non-hydrogen) atoms. The fourth-order valence-electron chi connectivity index (χ4n) is 9.16. The molecule has 350 valence electrons. The summed E-state index contributed by atoms with van der Waals surface area (Å²) < 4.78 is 13.3. The Bertz CT molecular complexity index is 3230. The minimum absolute atomic E-state index is 0. The molecule has 0 aliphatic heterocycles. The van der Waals surface area contributed by atoms with Gasteiger partial charge in [0.2, 0.25) is 0 Å². The minimum atomic E-state index is -0.257. The third kappa shape index (κ3) is 9.27. The molecule has 3 aromatic heterocycles. The van der Waals surface area contributed by atoms with E-state index >= 15 is 0 Å². The quantitative estimate of drug-likeness (QED) is 0.107. The topological polar surface area (TPSA) is 35.9 Å². The van der Waals surface area contributed by atoms with Gasteiger partial charge in [-0.3, -0.25) is 4.57 Å². The Balaban J connectivity index is 0.00000625. The Morgan fingerprint density at radius 3 is 1.66 bits per heavy atom. The van der Waals surface area contributed by atoms with Crippen molar-refractivity contribution in [2.24, 2.45) is 0 Å². The number of fused-ring (bicyclic) bond motifs is 3. The molecular weight excluding hydrogens is 1010 g/mol. The smallest absolute Gasteiger partial charge is 0.267 e. The van der Waals surface area contributed by atoms with E-state index in [9.17, 15) is 0 Å². The van der Waals surface area contributed by atoms with Gasteiger partial charge in [0.05, 0.1) is 11.4 Å². The summed E-state index contributed by atoms with van der Waals surface area (Å²) in [6.45, 7) is 29.6. The van der Waals surface area contributed by atoms with Crippen LogP contribution in [0.15, 0.2) is 152 Å². The van der Waals surface area contributed by atoms with Crippen molar-refractivity contribution in [2.45, 2.75) is 117 Å². The number of hydrogen-bond donors (Lipinski definition) is 0. The number of hydrogen-bond acceptors (Lipinski definition) is 2. The van der Waals surface area contributed by atoms with E-state index in [4.69, 9.17) is 9.72 Å². The van der Waals surface area contributed by atoms with E-state index in [1.54, 1.807) is 0 Å². The molecule has 0 saturated heterocycles. The maximum atomic E-state index is 6.72. The summed E-state index contributed by atoms with van der Waals surface area (Å²) in [5.74, 6) is 2.00. The van der Waals surface area contributed by atoms with E-state index in [1.165, 1.54) is 33.4 Å². The van der Waals surface area contributed by atoms with Crippen molar-refractivity contribution >= 4 is 21.8 Å². The zero-order valence-electron chi connectivity index (χ0n) is 41.9. The summed E-state index contributed by atoms with van der Waals surface area (Å²) in [6, 6.07) is 57.1. The van der Waals surface area contributed by atoms with Crippen LogP contribution in [0.25, 0.3) is 39.0 Å². The third-order valence-electron chi connectivity index (χ3n) is 13.7. The molecule has 0 N–H and O–H groups in total. The van der Waals surface area contributed by atoms with Gasteiger partial charge in [0, 0.05) is 61.3 Å². The number of aromatic nitrogens is 4. The second kappa shape index (κ2) is 17.8. The van der Waals surface area contributed by atoms with Crippen molar-refractivity contribution in [3.63, 3.8) is 0 Å². The zero-order chi connectivity index (χ0) is 47.7. The summed E-state index contributed by atoms with van der Waals surface area (Å²) in [5, 5.41) is 2.20. The van der Waals surface area contributed by atoms with E-state index in [1.807, 2.05) is 29.0 Å². The van der Waals surface area contributed by atoms with Crippen LogP contribution >= 0.6 is 0 Å². The van der Waals surface area contributed by atoms with Gasteiger partial charge in [0.1, 0.15) is 5.82 Å². The third-order valence-corrected chi connectivity index (χ3v) is 13.7. The predicted octanol–water partition coefficient (Wildman–Crippen LogP) is 15.0. The monoisotopic (exact) mass is 1080 g/mol. The van der Waals surface area contributed by atoms with Gasteiger partial charge >= 0.3 is 0 Å². The Hall–Kier alpha value is -6.03. The van der Waals surface area contributed by atoms with Crippen LogP contribution in [0.5, 0.6) is 11.5 Å². The van der Waals surface area contributed by atoms with Crippen LogP contribution in [-0.4, -0.2) is 14.1 Å². The summed E-state index contributed by atoms with van der Waals surface area (Å²) in [5.41, 5.74) is 11.8. The molecule has 0 spiro atoms. The maximum absolute atomic E-state index is 6.72. The number of nitrogens with zero attached hydrogens (tertiary/aromatic N) is 4. The minimum Gasteiger partial charge on any atom is -0.510 e. The summed E-state index contributed by atoms with van der Waals surface area (Å²) in [7, 11) is 0. The molecule has 0 radical (unpaired) electrons. The van der Waals surface area contributed by atoms with Gasteiger partial charge in [-0.15, -0.1) is 29.7 Å². The van der Waals surface area contributed by atoms with Crippen molar-refractivity contribution in [1.29, 1.82) is 0 Å². The van der Waals surface area contributed by atoms with Gasteiger partial charge < -0.3 is 13.9 Å². The number of rotatable bonds is 9. The van der Waals surface area contributed by atoms with Crippen molar-refractivity contribution in [2.75, 3.05) is 0 Å². The predicted molar refractivity (Wildman–Crippen MR) is 276 cm³/mol. The molecule has 6 aromatic carbocycles. The van der Waals surface area contributed by atoms with E-state index in [0.29, 0.717) is 11.5 Å². The molecule has 0 aliphatic rings. The van der Waals surface area contributed by atoms with Crippen LogP contribution in [0.3, 0.4) is 0 Å². The van der Waals surface area contributed by atoms with Crippen LogP contribution < -0.4 is 9.30 Å². The van der Waals surface area contributed by atoms with Gasteiger partial charge in [-0.05, 0) is 91.0 Å². The van der Waals surface area contributed by atoms with Crippen molar-refractivity contribution in [3.8, 4) is 28.7 Å². The molecule has 9 aromatic rings. The van der Waals surface area contributed by atoms with Crippen molar-refractivity contribution in [3.05, 3.63) is 209 Å². The van der Waals surface area contributed by atoms with Gasteiger partial charge in [-0.25, -0.2) is 4.98 Å². The zero-order valence-corrected chi connectivity index (χ0v) is 44.2. The summed E-state index contributed by atoms with van der Waals surface area (Å²) in [6.07, 6.45) is 7.83. The van der Waals surface area contributed by atoms with E-state index in [2.05, 4.69) is 245 Å². The van der Waals surface area contributed by atoms with Gasteiger partial charge in [0.25, 0.3) is 6.33 Å². The second-order valence-electron chi connectivity index (χ2n) is 22.4. The first-order chi connectivity index (χ1) is 31.6. The van der Waals surface area contributed by atoms with Crippen LogP contribution in [0.2, 0.25) is 0 Å². The fourth-order valence-corrected chi connectivity index (χ4v) is 9.16. The standard InChI is InChI=1S/C62H64N4O.Pt/c1-58(2,3)46-33-47(59(4,5)6)35-49(34-46)65-41-64(40-56(65)60(7,8)9)48-25-20-26-50(38-48)67-51-28-30-53-52-29-27-44(61(10,11)42-21-16-14-17-22-42)36-54(52)66(55(53)39-51)57-37-45(31-32-63-57)62(12,13)43-23-18-15-19-24-43;/h14-37,40H,1-13H3;/q-2;. The Labute approximate surface area is 419 Å². The van der Waals surface area contributed by atoms with Crippen LogP contribution in [0.1, 0.15) is 129 Å². The Morgan fingerprint density at radius 2 is 1.07 bits per heavy atom. The first kappa shape index (κ1) is 48.4. The first-order valence-corrected chi connectivity index (χ1v) is 23.6. The van der Waals surface area contributed by atoms with E-state index in [0.717, 1.165) is 44.7 Å². The second-order valence-corrected chi connectivity index (χ2v) is 22.4. The van der Waals surface area contributed by atoms with Gasteiger partial charge in [0.15, 0.2) is 0 Å². The molecule has 9 rings (SSSR count). The van der Waals surface area contributed by atoms with Gasteiger partial charge in [-0.2, -0.15) is 18.2 Å². The molecule has 0 amide bonds. The van der Waals surface area contributed by atoms with Crippen LogP contribution in [-0.2, 0) is 48.1 Å².